The number of hydrogen-bond acceptors (Lipinski definition) is 8. The smallest absolute Gasteiger partial charge is 0.266 e. The fourth-order valence-electron chi connectivity index (χ4n) is 3.14. The van der Waals surface area contributed by atoms with Gasteiger partial charge in [0.2, 0.25) is 0 Å². The van der Waals surface area contributed by atoms with Crippen LogP contribution in [-0.2, 0) is 21.2 Å². The second-order valence-corrected chi connectivity index (χ2v) is 9.22. The van der Waals surface area contributed by atoms with Crippen LogP contribution in [0.15, 0.2) is 41.4 Å². The molecule has 2 aromatic rings. The minimum Gasteiger partial charge on any atom is -0.543 e. The zero-order chi connectivity index (χ0) is 25.1. The molecule has 0 spiro atoms. The van der Waals surface area contributed by atoms with Crippen molar-refractivity contribution in [2.45, 2.75) is 43.9 Å². The third-order valence-corrected chi connectivity index (χ3v) is 6.24. The number of carbonyl (C=O) groups is 3. The normalized spacial score (nSPS) is 11.1. The van der Waals surface area contributed by atoms with Crippen LogP contribution in [0.5, 0.6) is 0 Å². The van der Waals surface area contributed by atoms with E-state index < -0.39 is 27.8 Å². The summed E-state index contributed by atoms with van der Waals surface area (Å²) in [6, 6.07) is 6.57. The fraction of sp³-hybridized carbons (Fsp3) is 0.391. The van der Waals surface area contributed by atoms with Gasteiger partial charge in [0.05, 0.1) is 22.1 Å². The zero-order valence-electron chi connectivity index (χ0n) is 19.1. The topological polar surface area (TPSA) is 155 Å². The molecule has 34 heavy (non-hydrogen) atoms. The van der Waals surface area contributed by atoms with E-state index in [4.69, 9.17) is 4.74 Å². The fourth-order valence-corrected chi connectivity index (χ4v) is 4.16. The first-order valence-corrected chi connectivity index (χ1v) is 12.3. The summed E-state index contributed by atoms with van der Waals surface area (Å²) in [5.41, 5.74) is 0.0309. The number of carboxylic acid groups (broad SMARTS) is 1. The average molecular weight is 491 g/mol. The Morgan fingerprint density at radius 1 is 1.06 bits per heavy atom. The molecule has 11 heteroatoms. The lowest BCUT2D eigenvalue weighted by Crippen LogP contribution is -2.32. The molecule has 0 radical (unpaired) electrons. The van der Waals surface area contributed by atoms with Crippen LogP contribution in [0.1, 0.15) is 69.4 Å². The number of benzene rings is 1. The number of carbonyl (C=O) groups excluding carboxylic acids is 3. The Hall–Kier alpha value is -3.31. The molecule has 10 nitrogen and oxygen atoms in total. The van der Waals surface area contributed by atoms with Gasteiger partial charge in [0.25, 0.3) is 21.8 Å². The highest BCUT2D eigenvalue weighted by Crippen LogP contribution is 2.15. The van der Waals surface area contributed by atoms with Gasteiger partial charge in [-0.3, -0.25) is 14.6 Å². The Morgan fingerprint density at radius 3 is 2.50 bits per heavy atom. The lowest BCUT2D eigenvalue weighted by Gasteiger charge is -2.12. The Labute approximate surface area is 198 Å². The summed E-state index contributed by atoms with van der Waals surface area (Å²) >= 11 is 0. The second-order valence-electron chi connectivity index (χ2n) is 7.54. The number of amides is 2. The van der Waals surface area contributed by atoms with E-state index in [0.29, 0.717) is 38.0 Å². The molecule has 0 atom stereocenters. The molecule has 0 saturated heterocycles. The van der Waals surface area contributed by atoms with E-state index in [2.05, 4.69) is 10.3 Å². The molecule has 2 N–H and O–H groups in total. The van der Waals surface area contributed by atoms with Crippen LogP contribution in [0, 0.1) is 0 Å². The zero-order valence-corrected chi connectivity index (χ0v) is 19.9. The third kappa shape index (κ3) is 7.63. The van der Waals surface area contributed by atoms with Crippen molar-refractivity contribution in [2.75, 3.05) is 20.3 Å². The van der Waals surface area contributed by atoms with Crippen molar-refractivity contribution < 1.29 is 32.6 Å². The molecule has 0 saturated carbocycles. The van der Waals surface area contributed by atoms with Crippen molar-refractivity contribution in [3.8, 4) is 0 Å². The SMILES string of the molecule is CCCCCc1cc(C(=O)NS(=O)(=O)c2cccc(C(=O)NCCCOC)c2)cnc1C(=O)[O-]. The standard InChI is InChI=1S/C23H29N3O7S/c1-3-4-5-8-16-13-18(15-25-20(16)23(29)30)22(28)26-34(31,32)19-10-6-9-17(14-19)21(27)24-11-7-12-33-2/h6,9-10,13-15H,3-5,7-8,11-12H2,1-2H3,(H,24,27)(H,26,28)(H,29,30)/p-1. The summed E-state index contributed by atoms with van der Waals surface area (Å²) in [5, 5.41) is 14.0. The van der Waals surface area contributed by atoms with Crippen LogP contribution in [0.2, 0.25) is 0 Å². The van der Waals surface area contributed by atoms with E-state index in [1.165, 1.54) is 24.3 Å². The predicted molar refractivity (Wildman–Crippen MR) is 122 cm³/mol. The summed E-state index contributed by atoms with van der Waals surface area (Å²) < 4.78 is 32.4. The minimum absolute atomic E-state index is 0.105. The van der Waals surface area contributed by atoms with Gasteiger partial charge in [0, 0.05) is 32.0 Å². The molecule has 2 amide bonds. The highest BCUT2D eigenvalue weighted by atomic mass is 32.2. The van der Waals surface area contributed by atoms with Gasteiger partial charge in [-0.15, -0.1) is 0 Å². The van der Waals surface area contributed by atoms with Gasteiger partial charge < -0.3 is 20.0 Å². The number of rotatable bonds is 13. The van der Waals surface area contributed by atoms with Crippen molar-refractivity contribution in [1.82, 2.24) is 15.0 Å². The average Bonchev–Trinajstić information content (AvgIpc) is 2.81. The first-order chi connectivity index (χ1) is 16.2. The summed E-state index contributed by atoms with van der Waals surface area (Å²) in [5.74, 6) is -2.90. The highest BCUT2D eigenvalue weighted by Gasteiger charge is 2.21. The Balaban J connectivity index is 2.18. The van der Waals surface area contributed by atoms with E-state index in [9.17, 15) is 27.9 Å². The molecule has 2 rings (SSSR count). The summed E-state index contributed by atoms with van der Waals surface area (Å²) in [6.45, 7) is 2.82. The monoisotopic (exact) mass is 490 g/mol. The molecule has 0 aliphatic heterocycles. The number of unbranched alkanes of at least 4 members (excludes halogenated alkanes) is 2. The minimum atomic E-state index is -4.31. The van der Waals surface area contributed by atoms with Crippen LogP contribution in [0.3, 0.4) is 0 Å². The maximum atomic E-state index is 12.8. The van der Waals surface area contributed by atoms with Crippen LogP contribution in [0.4, 0.5) is 0 Å². The van der Waals surface area contributed by atoms with Gasteiger partial charge in [-0.25, -0.2) is 13.1 Å². The molecule has 0 aliphatic rings. The molecular weight excluding hydrogens is 462 g/mol. The van der Waals surface area contributed by atoms with E-state index >= 15 is 0 Å². The molecule has 184 valence electrons. The van der Waals surface area contributed by atoms with Crippen molar-refractivity contribution in [3.05, 3.63) is 58.9 Å². The van der Waals surface area contributed by atoms with Crippen molar-refractivity contribution in [1.29, 1.82) is 0 Å². The van der Waals surface area contributed by atoms with Gasteiger partial charge in [-0.2, -0.15) is 0 Å². The first kappa shape index (κ1) is 26.9. The molecule has 1 heterocycles. The van der Waals surface area contributed by atoms with Crippen LogP contribution < -0.4 is 15.1 Å². The number of pyridine rings is 1. The maximum Gasteiger partial charge on any atom is 0.266 e. The van der Waals surface area contributed by atoms with Crippen LogP contribution >= 0.6 is 0 Å². The first-order valence-electron chi connectivity index (χ1n) is 10.8. The second kappa shape index (κ2) is 12.8. The molecular formula is C23H28N3O7S-. The number of sulfonamides is 1. The Bertz CT molecular complexity index is 1130. The summed E-state index contributed by atoms with van der Waals surface area (Å²) in [4.78, 5) is 39.7. The number of aromatic carboxylic acids is 1. The number of ether oxygens (including phenoxy) is 1. The van der Waals surface area contributed by atoms with Crippen molar-refractivity contribution in [2.24, 2.45) is 0 Å². The van der Waals surface area contributed by atoms with E-state index in [1.807, 2.05) is 11.6 Å². The van der Waals surface area contributed by atoms with Crippen LogP contribution in [-0.4, -0.2) is 51.4 Å². The van der Waals surface area contributed by atoms with E-state index in [1.54, 1.807) is 7.11 Å². The number of aryl methyl sites for hydroxylation is 1. The lowest BCUT2D eigenvalue weighted by molar-refractivity contribution is -0.255. The molecule has 1 aromatic carbocycles. The largest absolute Gasteiger partial charge is 0.543 e. The number of nitrogens with zero attached hydrogens (tertiary/aromatic N) is 1. The van der Waals surface area contributed by atoms with Gasteiger partial charge >= 0.3 is 0 Å². The number of hydrogen-bond donors (Lipinski definition) is 2. The molecule has 1 aromatic heterocycles. The number of nitrogens with one attached hydrogen (secondary N) is 2. The molecule has 0 bridgehead atoms. The quantitative estimate of drug-likeness (QED) is 0.395. The summed E-state index contributed by atoms with van der Waals surface area (Å²) in [6.07, 6.45) is 4.40. The molecule has 0 unspecified atom stereocenters. The van der Waals surface area contributed by atoms with Crippen molar-refractivity contribution in [3.63, 3.8) is 0 Å². The lowest BCUT2D eigenvalue weighted by atomic mass is 10.0. The molecule has 0 fully saturated rings. The number of aromatic nitrogens is 1. The van der Waals surface area contributed by atoms with Crippen LogP contribution in [0.25, 0.3) is 0 Å². The van der Waals surface area contributed by atoms with Crippen molar-refractivity contribution >= 4 is 27.8 Å². The Kier molecular flexibility index (Phi) is 10.1. The number of methoxy groups -OCH3 is 1. The summed E-state index contributed by atoms with van der Waals surface area (Å²) in [7, 11) is -2.76. The predicted octanol–water partition coefficient (Wildman–Crippen LogP) is 1.06. The van der Waals surface area contributed by atoms with Gasteiger partial charge in [-0.1, -0.05) is 25.8 Å². The van der Waals surface area contributed by atoms with Gasteiger partial charge in [0.15, 0.2) is 0 Å². The number of carboxylic acids is 1. The molecule has 0 aliphatic carbocycles. The van der Waals surface area contributed by atoms with Gasteiger partial charge in [-0.05, 0) is 49.1 Å². The third-order valence-electron chi connectivity index (χ3n) is 4.92. The maximum absolute atomic E-state index is 12.8. The Morgan fingerprint density at radius 2 is 1.82 bits per heavy atom. The van der Waals surface area contributed by atoms with E-state index in [0.717, 1.165) is 25.1 Å². The highest BCUT2D eigenvalue weighted by molar-refractivity contribution is 7.90. The van der Waals surface area contributed by atoms with Gasteiger partial charge in [0.1, 0.15) is 0 Å². The van der Waals surface area contributed by atoms with E-state index in [-0.39, 0.29) is 21.7 Å².